The van der Waals surface area contributed by atoms with Crippen LogP contribution in [0.5, 0.6) is 0 Å². The average Bonchev–Trinajstić information content (AvgIpc) is 2.89. The second kappa shape index (κ2) is 12.9. The summed E-state index contributed by atoms with van der Waals surface area (Å²) in [6.45, 7) is 1.41. The number of benzene rings is 3. The minimum absolute atomic E-state index is 0.192. The number of nitrogens with one attached hydrogen (secondary N) is 1. The van der Waals surface area contributed by atoms with Gasteiger partial charge in [-0.3, -0.25) is 9.59 Å². The molecule has 0 aliphatic carbocycles. The Kier molecular flexibility index (Phi) is 9.42. The molecule has 7 heteroatoms. The lowest BCUT2D eigenvalue weighted by Crippen LogP contribution is -2.37. The monoisotopic (exact) mass is 473 g/mol. The van der Waals surface area contributed by atoms with E-state index in [1.807, 2.05) is 12.1 Å². The molecule has 0 unspecified atom stereocenters. The number of nitrogens with zero attached hydrogens (tertiary/aromatic N) is 1. The first-order chi connectivity index (χ1) is 16.9. The van der Waals surface area contributed by atoms with Crippen molar-refractivity contribution in [3.05, 3.63) is 102 Å². The molecule has 4 rings (SSSR count). The predicted molar refractivity (Wildman–Crippen MR) is 136 cm³/mol. The first-order valence-corrected chi connectivity index (χ1v) is 11.7. The predicted octanol–water partition coefficient (Wildman–Crippen LogP) is 5.05. The van der Waals surface area contributed by atoms with Gasteiger partial charge in [-0.1, -0.05) is 48.5 Å². The van der Waals surface area contributed by atoms with Crippen LogP contribution in [0.1, 0.15) is 45.5 Å². The van der Waals surface area contributed by atoms with E-state index < -0.39 is 12.0 Å². The van der Waals surface area contributed by atoms with E-state index in [-0.39, 0.29) is 5.91 Å². The fraction of sp³-hybridized carbons (Fsp3) is 0.250. The van der Waals surface area contributed by atoms with Gasteiger partial charge < -0.3 is 21.1 Å². The number of amides is 3. The van der Waals surface area contributed by atoms with E-state index in [4.69, 9.17) is 10.8 Å². The number of hydrogen-bond donors (Lipinski definition) is 3. The van der Waals surface area contributed by atoms with Gasteiger partial charge in [0.1, 0.15) is 0 Å². The number of rotatable bonds is 6. The maximum absolute atomic E-state index is 11.8. The molecule has 1 aliphatic heterocycles. The van der Waals surface area contributed by atoms with Crippen LogP contribution in [0.15, 0.2) is 84.9 Å². The number of likely N-dealkylation sites (tertiary alicyclic amines) is 1. The molecular weight excluding hydrogens is 442 g/mol. The zero-order valence-electron chi connectivity index (χ0n) is 19.6. The lowest BCUT2D eigenvalue weighted by atomic mass is 9.91. The minimum Gasteiger partial charge on any atom is -0.465 e. The molecular formula is C28H31N3O4. The third kappa shape index (κ3) is 8.30. The van der Waals surface area contributed by atoms with Crippen molar-refractivity contribution in [3.63, 3.8) is 0 Å². The Morgan fingerprint density at radius 1 is 0.829 bits per heavy atom. The molecule has 0 aromatic heterocycles. The van der Waals surface area contributed by atoms with Crippen LogP contribution in [0.2, 0.25) is 0 Å². The molecule has 7 nitrogen and oxygen atoms in total. The molecule has 1 fully saturated rings. The van der Waals surface area contributed by atoms with Gasteiger partial charge in [-0.25, -0.2) is 4.79 Å². The van der Waals surface area contributed by atoms with Gasteiger partial charge >= 0.3 is 6.09 Å². The summed E-state index contributed by atoms with van der Waals surface area (Å²) in [5.41, 5.74) is 8.12. The van der Waals surface area contributed by atoms with Crippen molar-refractivity contribution >= 4 is 23.6 Å². The van der Waals surface area contributed by atoms with Gasteiger partial charge in [0, 0.05) is 29.9 Å². The van der Waals surface area contributed by atoms with Crippen molar-refractivity contribution in [2.24, 2.45) is 11.7 Å². The van der Waals surface area contributed by atoms with Gasteiger partial charge in [0.15, 0.2) is 0 Å². The van der Waals surface area contributed by atoms with E-state index in [1.54, 1.807) is 48.5 Å². The lowest BCUT2D eigenvalue weighted by molar-refractivity contribution is 0.0998. The summed E-state index contributed by atoms with van der Waals surface area (Å²) in [6.07, 6.45) is 3.54. The van der Waals surface area contributed by atoms with Crippen molar-refractivity contribution in [2.45, 2.75) is 25.7 Å². The smallest absolute Gasteiger partial charge is 0.407 e. The Morgan fingerprint density at radius 3 is 1.94 bits per heavy atom. The largest absolute Gasteiger partial charge is 0.465 e. The Hall–Kier alpha value is -4.13. The van der Waals surface area contributed by atoms with Gasteiger partial charge in [-0.05, 0) is 73.6 Å². The number of nitrogens with two attached hydrogens (primary N) is 1. The lowest BCUT2D eigenvalue weighted by Gasteiger charge is -2.29. The summed E-state index contributed by atoms with van der Waals surface area (Å²) in [7, 11) is 0. The Balaban J connectivity index is 0.000000196. The molecule has 0 atom stereocenters. The summed E-state index contributed by atoms with van der Waals surface area (Å²) in [6, 6.07) is 25.8. The Bertz CT molecular complexity index is 1090. The molecule has 35 heavy (non-hydrogen) atoms. The molecule has 3 aromatic rings. The van der Waals surface area contributed by atoms with Crippen LogP contribution in [0.3, 0.4) is 0 Å². The molecule has 0 radical (unpaired) electrons. The number of anilines is 1. The number of carboxylic acid groups (broad SMARTS) is 1. The van der Waals surface area contributed by atoms with E-state index >= 15 is 0 Å². The van der Waals surface area contributed by atoms with Crippen molar-refractivity contribution in [1.29, 1.82) is 0 Å². The van der Waals surface area contributed by atoms with E-state index in [9.17, 15) is 14.4 Å². The number of carbonyl (C=O) groups is 3. The van der Waals surface area contributed by atoms with Crippen molar-refractivity contribution in [2.75, 3.05) is 18.4 Å². The minimum atomic E-state index is -0.772. The Morgan fingerprint density at radius 2 is 1.40 bits per heavy atom. The van der Waals surface area contributed by atoms with Crippen LogP contribution in [0, 0.1) is 5.92 Å². The highest BCUT2D eigenvalue weighted by molar-refractivity contribution is 6.04. The molecule has 1 saturated heterocycles. The number of piperidine rings is 1. The average molecular weight is 474 g/mol. The van der Waals surface area contributed by atoms with E-state index in [0.717, 1.165) is 19.3 Å². The van der Waals surface area contributed by atoms with Crippen LogP contribution < -0.4 is 11.1 Å². The summed E-state index contributed by atoms with van der Waals surface area (Å²) in [4.78, 5) is 35.0. The number of hydrogen-bond acceptors (Lipinski definition) is 3. The molecule has 0 saturated carbocycles. The highest BCUT2D eigenvalue weighted by Crippen LogP contribution is 2.22. The van der Waals surface area contributed by atoms with Gasteiger partial charge in [-0.2, -0.15) is 0 Å². The van der Waals surface area contributed by atoms with Crippen LogP contribution >= 0.6 is 0 Å². The third-order valence-corrected chi connectivity index (χ3v) is 6.03. The Labute approximate surface area is 205 Å². The van der Waals surface area contributed by atoms with Crippen molar-refractivity contribution in [1.82, 2.24) is 4.90 Å². The van der Waals surface area contributed by atoms with Crippen molar-refractivity contribution < 1.29 is 19.5 Å². The van der Waals surface area contributed by atoms with Gasteiger partial charge in [0.2, 0.25) is 5.91 Å². The second-order valence-corrected chi connectivity index (χ2v) is 8.50. The van der Waals surface area contributed by atoms with Gasteiger partial charge in [-0.15, -0.1) is 0 Å². The molecule has 182 valence electrons. The van der Waals surface area contributed by atoms with Gasteiger partial charge in [0.05, 0.1) is 0 Å². The van der Waals surface area contributed by atoms with Crippen LogP contribution in [-0.2, 0) is 6.42 Å². The molecule has 0 bridgehead atoms. The summed E-state index contributed by atoms with van der Waals surface area (Å²) in [5, 5.41) is 11.6. The maximum atomic E-state index is 11.8. The highest BCUT2D eigenvalue weighted by Gasteiger charge is 2.21. The topological polar surface area (TPSA) is 113 Å². The highest BCUT2D eigenvalue weighted by atomic mass is 16.4. The molecule has 3 amide bonds. The van der Waals surface area contributed by atoms with E-state index in [0.29, 0.717) is 35.8 Å². The summed E-state index contributed by atoms with van der Waals surface area (Å²) >= 11 is 0. The fourth-order valence-electron chi connectivity index (χ4n) is 3.94. The SMILES string of the molecule is NC(=O)c1ccc(NC(=O)c2ccccc2)cc1.O=C(O)N1CCC(CCc2ccccc2)CC1. The molecule has 0 spiro atoms. The number of carbonyl (C=O) groups excluding carboxylic acids is 2. The zero-order chi connectivity index (χ0) is 25.0. The fourth-order valence-corrected chi connectivity index (χ4v) is 3.94. The third-order valence-electron chi connectivity index (χ3n) is 6.03. The molecule has 4 N–H and O–H groups in total. The second-order valence-electron chi connectivity index (χ2n) is 8.50. The summed E-state index contributed by atoms with van der Waals surface area (Å²) in [5.74, 6) is 0.00386. The van der Waals surface area contributed by atoms with Crippen molar-refractivity contribution in [3.8, 4) is 0 Å². The molecule has 1 aliphatic rings. The van der Waals surface area contributed by atoms with E-state index in [2.05, 4.69) is 29.6 Å². The molecule has 1 heterocycles. The van der Waals surface area contributed by atoms with Crippen LogP contribution in [0.4, 0.5) is 10.5 Å². The number of aryl methyl sites for hydroxylation is 1. The maximum Gasteiger partial charge on any atom is 0.407 e. The number of primary amides is 1. The van der Waals surface area contributed by atoms with Crippen LogP contribution in [-0.4, -0.2) is 41.0 Å². The molecule has 3 aromatic carbocycles. The quantitative estimate of drug-likeness (QED) is 0.465. The first kappa shape index (κ1) is 25.5. The normalized spacial score (nSPS) is 13.3. The van der Waals surface area contributed by atoms with Gasteiger partial charge in [0.25, 0.3) is 5.91 Å². The van der Waals surface area contributed by atoms with E-state index in [1.165, 1.54) is 16.9 Å². The zero-order valence-corrected chi connectivity index (χ0v) is 19.6. The summed E-state index contributed by atoms with van der Waals surface area (Å²) < 4.78 is 0. The van der Waals surface area contributed by atoms with Crippen LogP contribution in [0.25, 0.3) is 0 Å². The first-order valence-electron chi connectivity index (χ1n) is 11.7. The standard InChI is InChI=1S/C14H12N2O2.C14H19NO2/c15-13(17)10-6-8-12(9-7-10)16-14(18)11-4-2-1-3-5-11;16-14(17)15-10-8-13(9-11-15)7-6-12-4-2-1-3-5-12/h1-9H,(H2,15,17)(H,16,18);1-5,13H,6-11H2,(H,16,17).